The van der Waals surface area contributed by atoms with E-state index in [4.69, 9.17) is 10.5 Å². The van der Waals surface area contributed by atoms with Gasteiger partial charge in [-0.15, -0.1) is 0 Å². The van der Waals surface area contributed by atoms with Gasteiger partial charge in [0.25, 0.3) is 0 Å². The molecule has 0 atom stereocenters. The zero-order valence-corrected chi connectivity index (χ0v) is 9.08. The first kappa shape index (κ1) is 12.6. The van der Waals surface area contributed by atoms with E-state index >= 15 is 0 Å². The lowest BCUT2D eigenvalue weighted by Crippen LogP contribution is -2.19. The minimum Gasteiger partial charge on any atom is -0.495 e. The quantitative estimate of drug-likeness (QED) is 0.791. The van der Waals surface area contributed by atoms with Crippen molar-refractivity contribution >= 4 is 23.0 Å². The van der Waals surface area contributed by atoms with Crippen molar-refractivity contribution in [1.82, 2.24) is 0 Å². The van der Waals surface area contributed by atoms with Crippen molar-refractivity contribution in [2.75, 3.05) is 12.4 Å². The number of nitrogens with two attached hydrogens (primary N) is 1. The third-order valence-corrected chi connectivity index (χ3v) is 1.89. The van der Waals surface area contributed by atoms with E-state index in [0.29, 0.717) is 5.69 Å². The van der Waals surface area contributed by atoms with Crippen LogP contribution < -0.4 is 15.8 Å². The molecule has 88 valence electrons. The molecule has 0 radical (unpaired) electrons. The topological polar surface area (TPSA) is 47.3 Å². The van der Waals surface area contributed by atoms with Gasteiger partial charge in [0.1, 0.15) is 5.75 Å². The summed E-state index contributed by atoms with van der Waals surface area (Å²) in [5.74, 6) is 0.0302. The van der Waals surface area contributed by atoms with Gasteiger partial charge in [-0.1, -0.05) is 0 Å². The average Bonchev–Trinajstić information content (AvgIpc) is 2.15. The number of alkyl halides is 3. The molecule has 0 aromatic heterocycles. The first-order valence-corrected chi connectivity index (χ1v) is 4.57. The van der Waals surface area contributed by atoms with Crippen molar-refractivity contribution in [3.63, 3.8) is 0 Å². The second-order valence-electron chi connectivity index (χ2n) is 2.90. The molecule has 0 spiro atoms. The molecular formula is C9H9F3N2OS. The van der Waals surface area contributed by atoms with Crippen LogP contribution in [0.3, 0.4) is 0 Å². The molecule has 0 aliphatic rings. The molecule has 16 heavy (non-hydrogen) atoms. The van der Waals surface area contributed by atoms with Crippen LogP contribution >= 0.6 is 12.2 Å². The van der Waals surface area contributed by atoms with Crippen LogP contribution in [0.5, 0.6) is 5.75 Å². The zero-order chi connectivity index (χ0) is 12.3. The number of benzene rings is 1. The number of rotatable bonds is 2. The Hall–Kier alpha value is -1.50. The van der Waals surface area contributed by atoms with Crippen molar-refractivity contribution in [3.05, 3.63) is 23.8 Å². The highest BCUT2D eigenvalue weighted by molar-refractivity contribution is 7.80. The van der Waals surface area contributed by atoms with E-state index in [1.807, 2.05) is 0 Å². The second-order valence-corrected chi connectivity index (χ2v) is 3.34. The SMILES string of the molecule is COc1cc(C(F)(F)F)ccc1NC(N)=S. The van der Waals surface area contributed by atoms with Crippen LogP contribution in [0.4, 0.5) is 18.9 Å². The number of ether oxygens (including phenoxy) is 1. The molecule has 0 aliphatic carbocycles. The van der Waals surface area contributed by atoms with Crippen LogP contribution in [0.15, 0.2) is 18.2 Å². The Morgan fingerprint density at radius 3 is 2.50 bits per heavy atom. The highest BCUT2D eigenvalue weighted by Crippen LogP contribution is 2.34. The summed E-state index contributed by atoms with van der Waals surface area (Å²) in [6.07, 6.45) is -4.41. The van der Waals surface area contributed by atoms with Gasteiger partial charge in [-0.2, -0.15) is 13.2 Å². The molecule has 0 saturated heterocycles. The summed E-state index contributed by atoms with van der Waals surface area (Å²) in [7, 11) is 1.26. The Balaban J connectivity index is 3.11. The van der Waals surface area contributed by atoms with E-state index < -0.39 is 11.7 Å². The molecule has 0 amide bonds. The van der Waals surface area contributed by atoms with E-state index in [1.54, 1.807) is 0 Å². The first-order valence-electron chi connectivity index (χ1n) is 4.16. The van der Waals surface area contributed by atoms with Crippen LogP contribution in [0.2, 0.25) is 0 Å². The first-order chi connectivity index (χ1) is 7.34. The van der Waals surface area contributed by atoms with Gasteiger partial charge in [-0.25, -0.2) is 0 Å². The van der Waals surface area contributed by atoms with E-state index in [0.717, 1.165) is 12.1 Å². The Bertz CT molecular complexity index is 406. The molecule has 0 bridgehead atoms. The lowest BCUT2D eigenvalue weighted by molar-refractivity contribution is -0.137. The Kier molecular flexibility index (Phi) is 3.58. The van der Waals surface area contributed by atoms with Gasteiger partial charge in [0.05, 0.1) is 18.4 Å². The van der Waals surface area contributed by atoms with Crippen molar-refractivity contribution < 1.29 is 17.9 Å². The van der Waals surface area contributed by atoms with E-state index in [9.17, 15) is 13.2 Å². The highest BCUT2D eigenvalue weighted by Gasteiger charge is 2.31. The molecule has 1 aromatic rings. The number of hydrogen-bond acceptors (Lipinski definition) is 2. The predicted molar refractivity (Wildman–Crippen MR) is 58.4 cm³/mol. The van der Waals surface area contributed by atoms with Crippen LogP contribution in [0.25, 0.3) is 0 Å². The maximum Gasteiger partial charge on any atom is 0.416 e. The minimum atomic E-state index is -4.41. The molecule has 1 rings (SSSR count). The van der Waals surface area contributed by atoms with Gasteiger partial charge in [-0.3, -0.25) is 0 Å². The number of methoxy groups -OCH3 is 1. The molecule has 0 aliphatic heterocycles. The van der Waals surface area contributed by atoms with Gasteiger partial charge in [0.2, 0.25) is 0 Å². The molecular weight excluding hydrogens is 241 g/mol. The van der Waals surface area contributed by atoms with Crippen molar-refractivity contribution in [1.29, 1.82) is 0 Å². The fourth-order valence-electron chi connectivity index (χ4n) is 1.10. The smallest absolute Gasteiger partial charge is 0.416 e. The second kappa shape index (κ2) is 4.56. The Morgan fingerprint density at radius 2 is 2.06 bits per heavy atom. The Morgan fingerprint density at radius 1 is 1.44 bits per heavy atom. The fraction of sp³-hybridized carbons (Fsp3) is 0.222. The van der Waals surface area contributed by atoms with Crippen molar-refractivity contribution in [2.45, 2.75) is 6.18 Å². The zero-order valence-electron chi connectivity index (χ0n) is 8.26. The molecule has 0 unspecified atom stereocenters. The maximum absolute atomic E-state index is 12.4. The summed E-state index contributed by atoms with van der Waals surface area (Å²) in [5.41, 5.74) is 4.72. The number of hydrogen-bond donors (Lipinski definition) is 2. The monoisotopic (exact) mass is 250 g/mol. The van der Waals surface area contributed by atoms with Crippen LogP contribution in [-0.4, -0.2) is 12.2 Å². The summed E-state index contributed by atoms with van der Waals surface area (Å²) >= 11 is 4.58. The van der Waals surface area contributed by atoms with Gasteiger partial charge in [0, 0.05) is 0 Å². The lowest BCUT2D eigenvalue weighted by Gasteiger charge is -2.13. The molecule has 0 saturated carbocycles. The van der Waals surface area contributed by atoms with Gasteiger partial charge in [-0.05, 0) is 30.4 Å². The van der Waals surface area contributed by atoms with Crippen LogP contribution in [0, 0.1) is 0 Å². The van der Waals surface area contributed by atoms with Crippen LogP contribution in [0.1, 0.15) is 5.56 Å². The standard InChI is InChI=1S/C9H9F3N2OS/c1-15-7-4-5(9(10,11)12)2-3-6(7)14-8(13)16/h2-4H,1H3,(H3,13,14,16). The molecule has 3 nitrogen and oxygen atoms in total. The van der Waals surface area contributed by atoms with E-state index in [2.05, 4.69) is 17.5 Å². The predicted octanol–water partition coefficient (Wildman–Crippen LogP) is 2.37. The normalized spacial score (nSPS) is 11.0. The third kappa shape index (κ3) is 2.99. The van der Waals surface area contributed by atoms with Crippen LogP contribution in [-0.2, 0) is 6.18 Å². The highest BCUT2D eigenvalue weighted by atomic mass is 32.1. The third-order valence-electron chi connectivity index (χ3n) is 1.79. The number of nitrogens with one attached hydrogen (secondary N) is 1. The maximum atomic E-state index is 12.4. The number of halogens is 3. The Labute approximate surface area is 95.4 Å². The fourth-order valence-corrected chi connectivity index (χ4v) is 1.21. The van der Waals surface area contributed by atoms with E-state index in [1.165, 1.54) is 13.2 Å². The summed E-state index contributed by atoms with van der Waals surface area (Å²) in [4.78, 5) is 0. The number of anilines is 1. The molecule has 0 heterocycles. The van der Waals surface area contributed by atoms with Gasteiger partial charge < -0.3 is 15.8 Å². The van der Waals surface area contributed by atoms with Gasteiger partial charge >= 0.3 is 6.18 Å². The van der Waals surface area contributed by atoms with Crippen molar-refractivity contribution in [2.24, 2.45) is 5.73 Å². The van der Waals surface area contributed by atoms with E-state index in [-0.39, 0.29) is 10.9 Å². The summed E-state index contributed by atoms with van der Waals surface area (Å²) < 4.78 is 41.9. The summed E-state index contributed by atoms with van der Waals surface area (Å²) in [5, 5.41) is 2.48. The van der Waals surface area contributed by atoms with Gasteiger partial charge in [0.15, 0.2) is 5.11 Å². The minimum absolute atomic E-state index is 0.0302. The molecule has 7 heteroatoms. The largest absolute Gasteiger partial charge is 0.495 e. The lowest BCUT2D eigenvalue weighted by atomic mass is 10.2. The summed E-state index contributed by atoms with van der Waals surface area (Å²) in [6.45, 7) is 0. The average molecular weight is 250 g/mol. The van der Waals surface area contributed by atoms with Crippen molar-refractivity contribution in [3.8, 4) is 5.75 Å². The number of thiocarbonyl (C=S) groups is 1. The molecule has 1 aromatic carbocycles. The molecule has 3 N–H and O–H groups in total. The summed E-state index contributed by atoms with van der Waals surface area (Å²) in [6, 6.07) is 3.00. The molecule has 0 fully saturated rings.